The summed E-state index contributed by atoms with van der Waals surface area (Å²) in [6.45, 7) is 11.3. The number of aryl methyl sites for hydroxylation is 2. The quantitative estimate of drug-likeness (QED) is 0.383. The minimum absolute atomic E-state index is 0.0841. The average molecular weight is 427 g/mol. The summed E-state index contributed by atoms with van der Waals surface area (Å²) in [5.74, 6) is -1.21. The third-order valence-corrected chi connectivity index (χ3v) is 6.69. The number of hydrogen-bond acceptors (Lipinski definition) is 5. The molecule has 2 heterocycles. The zero-order chi connectivity index (χ0) is 21.8. The Kier molecular flexibility index (Phi) is 7.10. The van der Waals surface area contributed by atoms with Crippen molar-refractivity contribution < 1.29 is 14.7 Å². The molecule has 0 saturated carbocycles. The number of carbonyl (C=O) groups excluding carboxylic acids is 2. The Morgan fingerprint density at radius 1 is 1.17 bits per heavy atom. The number of ketones is 1. The fraction of sp³-hybridized carbons (Fsp3) is 0.417. The van der Waals surface area contributed by atoms with Crippen molar-refractivity contribution in [1.82, 2.24) is 9.80 Å². The first-order chi connectivity index (χ1) is 14.4. The molecular weight excluding hydrogens is 396 g/mol. The van der Waals surface area contributed by atoms with E-state index in [4.69, 9.17) is 0 Å². The van der Waals surface area contributed by atoms with E-state index in [-0.39, 0.29) is 11.3 Å². The van der Waals surface area contributed by atoms with Crippen LogP contribution >= 0.6 is 11.3 Å². The molecule has 30 heavy (non-hydrogen) atoms. The van der Waals surface area contributed by atoms with Crippen LogP contribution in [0, 0.1) is 13.8 Å². The summed E-state index contributed by atoms with van der Waals surface area (Å²) in [5.41, 5.74) is 2.66. The largest absolute Gasteiger partial charge is 0.507 e. The van der Waals surface area contributed by atoms with Gasteiger partial charge in [0.25, 0.3) is 11.7 Å². The molecule has 1 amide bonds. The fourth-order valence-electron chi connectivity index (χ4n) is 3.99. The summed E-state index contributed by atoms with van der Waals surface area (Å²) < 4.78 is 0. The lowest BCUT2D eigenvalue weighted by molar-refractivity contribution is -0.139. The summed E-state index contributed by atoms with van der Waals surface area (Å²) in [6.07, 6.45) is 0.778. The minimum atomic E-state index is -0.602. The molecule has 0 aliphatic carbocycles. The van der Waals surface area contributed by atoms with Gasteiger partial charge in [0.05, 0.1) is 11.6 Å². The number of aliphatic hydroxyl groups is 1. The maximum atomic E-state index is 13.0. The highest BCUT2D eigenvalue weighted by atomic mass is 32.1. The highest BCUT2D eigenvalue weighted by Crippen LogP contribution is 2.41. The third kappa shape index (κ3) is 4.35. The molecule has 2 aromatic rings. The van der Waals surface area contributed by atoms with Crippen LogP contribution in [-0.2, 0) is 9.59 Å². The van der Waals surface area contributed by atoms with Gasteiger partial charge in [0.15, 0.2) is 0 Å². The Morgan fingerprint density at radius 2 is 1.90 bits per heavy atom. The molecule has 160 valence electrons. The van der Waals surface area contributed by atoms with Gasteiger partial charge in [-0.1, -0.05) is 37.6 Å². The number of nitrogens with zero attached hydrogens (tertiary/aromatic N) is 2. The van der Waals surface area contributed by atoms with E-state index in [0.717, 1.165) is 42.1 Å². The highest BCUT2D eigenvalue weighted by molar-refractivity contribution is 7.10. The molecule has 1 aliphatic heterocycles. The zero-order valence-electron chi connectivity index (χ0n) is 18.1. The fourth-order valence-corrected chi connectivity index (χ4v) is 4.84. The minimum Gasteiger partial charge on any atom is -0.507 e. The summed E-state index contributed by atoms with van der Waals surface area (Å²) >= 11 is 1.50. The molecule has 5 nitrogen and oxygen atoms in total. The number of likely N-dealkylation sites (tertiary alicyclic amines) is 1. The van der Waals surface area contributed by atoms with Gasteiger partial charge in [-0.25, -0.2) is 0 Å². The van der Waals surface area contributed by atoms with Crippen molar-refractivity contribution in [3.63, 3.8) is 0 Å². The molecule has 0 radical (unpaired) electrons. The van der Waals surface area contributed by atoms with E-state index in [1.807, 2.05) is 49.6 Å². The molecule has 1 aromatic heterocycles. The molecule has 1 N–H and O–H groups in total. The van der Waals surface area contributed by atoms with E-state index in [1.54, 1.807) is 4.90 Å². The normalized spacial score (nSPS) is 18.6. The van der Waals surface area contributed by atoms with Gasteiger partial charge >= 0.3 is 0 Å². The number of aliphatic hydroxyl groups excluding tert-OH is 1. The van der Waals surface area contributed by atoms with Gasteiger partial charge < -0.3 is 14.9 Å². The van der Waals surface area contributed by atoms with E-state index in [1.165, 1.54) is 11.3 Å². The molecule has 1 saturated heterocycles. The molecule has 1 fully saturated rings. The zero-order valence-corrected chi connectivity index (χ0v) is 19.0. The second-order valence-electron chi connectivity index (χ2n) is 7.71. The van der Waals surface area contributed by atoms with E-state index < -0.39 is 17.7 Å². The predicted octanol–water partition coefficient (Wildman–Crippen LogP) is 4.52. The van der Waals surface area contributed by atoms with Gasteiger partial charge in [-0.05, 0) is 63.0 Å². The van der Waals surface area contributed by atoms with Crippen molar-refractivity contribution in [1.29, 1.82) is 0 Å². The van der Waals surface area contributed by atoms with E-state index in [9.17, 15) is 14.7 Å². The summed E-state index contributed by atoms with van der Waals surface area (Å²) in [6, 6.07) is 9.05. The summed E-state index contributed by atoms with van der Waals surface area (Å²) in [7, 11) is 0. The number of rotatable bonds is 8. The summed E-state index contributed by atoms with van der Waals surface area (Å²) in [4.78, 5) is 30.8. The monoisotopic (exact) mass is 426 g/mol. The Balaban J connectivity index is 2.01. The second-order valence-corrected chi connectivity index (χ2v) is 8.69. The lowest BCUT2D eigenvalue weighted by atomic mass is 9.96. The molecule has 6 heteroatoms. The molecule has 0 spiro atoms. The van der Waals surface area contributed by atoms with Gasteiger partial charge in [-0.2, -0.15) is 0 Å². The predicted molar refractivity (Wildman–Crippen MR) is 122 cm³/mol. The van der Waals surface area contributed by atoms with Gasteiger partial charge in [0.2, 0.25) is 0 Å². The Hall–Kier alpha value is -2.44. The smallest absolute Gasteiger partial charge is 0.295 e. The van der Waals surface area contributed by atoms with Crippen molar-refractivity contribution in [2.75, 3.05) is 26.2 Å². The van der Waals surface area contributed by atoms with Crippen LogP contribution in [0.3, 0.4) is 0 Å². The van der Waals surface area contributed by atoms with Crippen molar-refractivity contribution in [2.24, 2.45) is 0 Å². The molecule has 1 atom stereocenters. The number of Topliss-reactive ketones (excluding diaryl/α,β-unsaturated/α-hetero) is 1. The van der Waals surface area contributed by atoms with Crippen LogP contribution in [0.15, 0.2) is 41.3 Å². The highest BCUT2D eigenvalue weighted by Gasteiger charge is 2.46. The Morgan fingerprint density at radius 3 is 2.53 bits per heavy atom. The van der Waals surface area contributed by atoms with Crippen LogP contribution in [-0.4, -0.2) is 52.8 Å². The summed E-state index contributed by atoms with van der Waals surface area (Å²) in [5, 5.41) is 13.1. The van der Waals surface area contributed by atoms with E-state index >= 15 is 0 Å². The van der Waals surface area contributed by atoms with Crippen molar-refractivity contribution in [3.05, 3.63) is 62.9 Å². The Bertz CT molecular complexity index is 945. The van der Waals surface area contributed by atoms with Crippen LogP contribution in [0.4, 0.5) is 0 Å². The molecule has 0 bridgehead atoms. The number of carbonyl (C=O) groups is 2. The number of thiophene rings is 1. The maximum absolute atomic E-state index is 13.0. The van der Waals surface area contributed by atoms with Gasteiger partial charge in [-0.3, -0.25) is 9.59 Å². The van der Waals surface area contributed by atoms with Crippen LogP contribution in [0.5, 0.6) is 0 Å². The SMILES string of the molecule is CCN(CC)CCCN1C(=O)C(=O)C(=C(O)c2cc(C)ccc2C)[C@@H]1c1cccs1. The van der Waals surface area contributed by atoms with E-state index in [2.05, 4.69) is 18.7 Å². The lowest BCUT2D eigenvalue weighted by Gasteiger charge is -2.26. The van der Waals surface area contributed by atoms with Gasteiger partial charge in [-0.15, -0.1) is 11.3 Å². The number of benzene rings is 1. The average Bonchev–Trinajstić information content (AvgIpc) is 3.35. The number of amides is 1. The van der Waals surface area contributed by atoms with Crippen molar-refractivity contribution in [2.45, 2.75) is 40.2 Å². The lowest BCUT2D eigenvalue weighted by Crippen LogP contribution is -2.33. The van der Waals surface area contributed by atoms with Crippen LogP contribution in [0.1, 0.15) is 47.9 Å². The molecule has 1 aliphatic rings. The first kappa shape index (κ1) is 22.2. The van der Waals surface area contributed by atoms with Gasteiger partial charge in [0, 0.05) is 17.0 Å². The third-order valence-electron chi connectivity index (χ3n) is 5.77. The topological polar surface area (TPSA) is 60.9 Å². The van der Waals surface area contributed by atoms with Gasteiger partial charge in [0.1, 0.15) is 5.76 Å². The first-order valence-electron chi connectivity index (χ1n) is 10.5. The maximum Gasteiger partial charge on any atom is 0.295 e. The molecule has 1 aromatic carbocycles. The van der Waals surface area contributed by atoms with Crippen molar-refractivity contribution in [3.8, 4) is 0 Å². The molecule has 3 rings (SSSR count). The van der Waals surface area contributed by atoms with E-state index in [0.29, 0.717) is 12.1 Å². The van der Waals surface area contributed by atoms with Crippen LogP contribution in [0.2, 0.25) is 0 Å². The Labute approximate surface area is 182 Å². The molecule has 0 unspecified atom stereocenters. The first-order valence-corrected chi connectivity index (χ1v) is 11.4. The van der Waals surface area contributed by atoms with Crippen LogP contribution < -0.4 is 0 Å². The van der Waals surface area contributed by atoms with Crippen LogP contribution in [0.25, 0.3) is 5.76 Å². The standard InChI is InChI=1S/C24H30N2O3S/c1-5-25(6-2)12-8-13-26-21(19-9-7-14-30-19)20(23(28)24(26)29)22(27)18-15-16(3)10-11-17(18)4/h7,9-11,14-15,21,27H,5-6,8,12-13H2,1-4H3/t21-/m0/s1. The van der Waals surface area contributed by atoms with Crippen molar-refractivity contribution >= 4 is 28.8 Å². The number of hydrogen-bond donors (Lipinski definition) is 1. The second kappa shape index (κ2) is 9.58. The molecular formula is C24H30N2O3S.